The van der Waals surface area contributed by atoms with E-state index in [4.69, 9.17) is 25.4 Å². The summed E-state index contributed by atoms with van der Waals surface area (Å²) in [5, 5.41) is 8.56. The van der Waals surface area contributed by atoms with Crippen molar-refractivity contribution in [2.45, 2.75) is 39.8 Å². The Labute approximate surface area is 144 Å². The van der Waals surface area contributed by atoms with Crippen molar-refractivity contribution in [1.29, 1.82) is 0 Å². The van der Waals surface area contributed by atoms with Gasteiger partial charge >= 0.3 is 11.9 Å². The normalized spacial score (nSPS) is 12.8. The monoisotopic (exact) mass is 354 g/mol. The lowest BCUT2D eigenvalue weighted by molar-refractivity contribution is -0.142. The number of nitrogens with two attached hydrogens (primary N) is 2. The molecule has 0 radical (unpaired) electrons. The number of rotatable bonds is 4. The molecule has 5 N–H and O–H groups in total. The molecule has 0 bridgehead atoms. The van der Waals surface area contributed by atoms with E-state index in [-0.39, 0.29) is 0 Å². The molecule has 10 nitrogen and oxygen atoms in total. The highest BCUT2D eigenvalue weighted by Gasteiger charge is 2.22. The number of carboxylic acid groups (broad SMARTS) is 1. The third-order valence-corrected chi connectivity index (χ3v) is 3.19. The number of esters is 1. The van der Waals surface area contributed by atoms with Crippen LogP contribution in [-0.4, -0.2) is 34.1 Å². The molecule has 0 spiro atoms. The number of aryl methyl sites for hydroxylation is 4. The van der Waals surface area contributed by atoms with Crippen molar-refractivity contribution in [3.63, 3.8) is 0 Å². The van der Waals surface area contributed by atoms with Crippen LogP contribution in [0.15, 0.2) is 8.83 Å². The summed E-state index contributed by atoms with van der Waals surface area (Å²) in [6, 6.07) is -1.95. The molecule has 0 saturated heterocycles. The van der Waals surface area contributed by atoms with Gasteiger partial charge in [0.2, 0.25) is 0 Å². The van der Waals surface area contributed by atoms with E-state index in [1.54, 1.807) is 27.7 Å². The molecule has 0 aromatic carbocycles. The zero-order valence-corrected chi connectivity index (χ0v) is 14.7. The lowest BCUT2D eigenvalue weighted by atomic mass is 10.2. The number of methoxy groups -OCH3 is 1. The third-order valence-electron chi connectivity index (χ3n) is 3.19. The summed E-state index contributed by atoms with van der Waals surface area (Å²) in [5.41, 5.74) is 11.6. The quantitative estimate of drug-likeness (QED) is 0.669. The van der Waals surface area contributed by atoms with Gasteiger partial charge in [0, 0.05) is 13.8 Å². The van der Waals surface area contributed by atoms with E-state index in [1.807, 2.05) is 0 Å². The summed E-state index contributed by atoms with van der Waals surface area (Å²) in [6.45, 7) is 6.68. The predicted octanol–water partition coefficient (Wildman–Crippen LogP) is 0.840. The third kappa shape index (κ3) is 5.13. The molecule has 0 fully saturated rings. The lowest BCUT2D eigenvalue weighted by Crippen LogP contribution is -2.23. The second-order valence-electron chi connectivity index (χ2n) is 5.17. The lowest BCUT2D eigenvalue weighted by Gasteiger charge is -2.05. The van der Waals surface area contributed by atoms with E-state index in [0.29, 0.717) is 34.7 Å². The topological polar surface area (TPSA) is 168 Å². The summed E-state index contributed by atoms with van der Waals surface area (Å²) in [5.74, 6) is 0.312. The van der Waals surface area contributed by atoms with Gasteiger partial charge in [0.05, 0.1) is 7.11 Å². The minimum atomic E-state index is -1.11. The van der Waals surface area contributed by atoms with E-state index < -0.39 is 24.0 Å². The van der Waals surface area contributed by atoms with Crippen LogP contribution in [0.4, 0.5) is 0 Å². The van der Waals surface area contributed by atoms with Crippen LogP contribution in [0.2, 0.25) is 0 Å². The number of hydrogen-bond donors (Lipinski definition) is 3. The molecule has 0 saturated carbocycles. The first-order valence-electron chi connectivity index (χ1n) is 7.28. The molecule has 2 rings (SSSR count). The van der Waals surface area contributed by atoms with Gasteiger partial charge in [0.25, 0.3) is 0 Å². The van der Waals surface area contributed by atoms with Crippen LogP contribution >= 0.6 is 0 Å². The fourth-order valence-corrected chi connectivity index (χ4v) is 2.02. The van der Waals surface area contributed by atoms with Crippen LogP contribution < -0.4 is 11.5 Å². The second-order valence-corrected chi connectivity index (χ2v) is 5.17. The molecule has 138 valence electrons. The highest BCUT2D eigenvalue weighted by molar-refractivity contribution is 5.76. The van der Waals surface area contributed by atoms with Crippen LogP contribution in [-0.2, 0) is 14.3 Å². The van der Waals surface area contributed by atoms with Crippen molar-refractivity contribution in [1.82, 2.24) is 9.97 Å². The maximum Gasteiger partial charge on any atom is 0.329 e. The van der Waals surface area contributed by atoms with Crippen molar-refractivity contribution in [3.05, 3.63) is 34.7 Å². The van der Waals surface area contributed by atoms with Gasteiger partial charge in [-0.2, -0.15) is 0 Å². The number of carboxylic acids is 1. The summed E-state index contributed by atoms with van der Waals surface area (Å²) in [6.07, 6.45) is 0. The minimum absolute atomic E-state index is 0.292. The molecule has 2 heterocycles. The van der Waals surface area contributed by atoms with E-state index in [9.17, 15) is 9.59 Å². The Bertz CT molecular complexity index is 751. The number of carbonyl (C=O) groups is 2. The second kappa shape index (κ2) is 8.40. The van der Waals surface area contributed by atoms with E-state index >= 15 is 0 Å². The summed E-state index contributed by atoms with van der Waals surface area (Å²) in [4.78, 5) is 29.3. The fourth-order valence-electron chi connectivity index (χ4n) is 2.02. The molecule has 0 aliphatic carbocycles. The van der Waals surface area contributed by atoms with Crippen LogP contribution in [0.25, 0.3) is 0 Å². The maximum atomic E-state index is 11.0. The molecule has 2 aromatic heterocycles. The van der Waals surface area contributed by atoms with Gasteiger partial charge in [-0.15, -0.1) is 0 Å². The Morgan fingerprint density at radius 3 is 1.64 bits per heavy atom. The smallest absolute Gasteiger partial charge is 0.329 e. The van der Waals surface area contributed by atoms with Crippen molar-refractivity contribution < 1.29 is 28.3 Å². The van der Waals surface area contributed by atoms with E-state index in [1.165, 1.54) is 7.11 Å². The predicted molar refractivity (Wildman–Crippen MR) is 85.5 cm³/mol. The zero-order valence-electron chi connectivity index (χ0n) is 14.7. The molecular formula is C15H22N4O6. The number of aromatic nitrogens is 2. The molecule has 2 atom stereocenters. The first-order valence-corrected chi connectivity index (χ1v) is 7.28. The average molecular weight is 354 g/mol. The number of ether oxygens (including phenoxy) is 1. The Morgan fingerprint density at radius 2 is 1.36 bits per heavy atom. The largest absolute Gasteiger partial charge is 0.480 e. The van der Waals surface area contributed by atoms with Crippen molar-refractivity contribution in [3.8, 4) is 0 Å². The summed E-state index contributed by atoms with van der Waals surface area (Å²) in [7, 11) is 1.28. The molecule has 0 amide bonds. The number of nitrogens with zero attached hydrogens (tertiary/aromatic N) is 2. The summed E-state index contributed by atoms with van der Waals surface area (Å²) >= 11 is 0. The molecule has 0 aliphatic rings. The highest BCUT2D eigenvalue weighted by atomic mass is 16.5. The molecule has 25 heavy (non-hydrogen) atoms. The van der Waals surface area contributed by atoms with Crippen LogP contribution in [0.3, 0.4) is 0 Å². The van der Waals surface area contributed by atoms with Gasteiger partial charge in [-0.25, -0.2) is 14.8 Å². The molecular weight excluding hydrogens is 332 g/mol. The van der Waals surface area contributed by atoms with Gasteiger partial charge in [0.1, 0.15) is 35.0 Å². The number of aliphatic carboxylic acids is 1. The fraction of sp³-hybridized carbons (Fsp3) is 0.467. The van der Waals surface area contributed by atoms with E-state index in [0.717, 1.165) is 0 Å². The van der Waals surface area contributed by atoms with Crippen molar-refractivity contribution in [2.75, 3.05) is 7.11 Å². The zero-order chi connectivity index (χ0) is 19.3. The van der Waals surface area contributed by atoms with Gasteiger partial charge in [-0.1, -0.05) is 0 Å². The SMILES string of the molecule is COC(=O)C(N)c1nc(C)oc1C.Cc1nc(C(N)C(=O)O)c(C)o1. The first-order chi connectivity index (χ1) is 11.6. The average Bonchev–Trinajstić information content (AvgIpc) is 3.06. The van der Waals surface area contributed by atoms with Gasteiger partial charge in [-0.3, -0.25) is 4.79 Å². The molecule has 0 aliphatic heterocycles. The van der Waals surface area contributed by atoms with Crippen LogP contribution in [0.5, 0.6) is 0 Å². The Balaban J connectivity index is 0.000000251. The van der Waals surface area contributed by atoms with Crippen LogP contribution in [0.1, 0.15) is 46.8 Å². The standard InChI is InChI=1S/C8H12N2O3.C7H10N2O3/c1-4-7(10-5(2)13-4)6(9)8(11)12-3;1-3-6(5(8)7(10)11)9-4(2)12-3/h6H,9H2,1-3H3;5H,8H2,1-2H3,(H,10,11). The minimum Gasteiger partial charge on any atom is -0.480 e. The van der Waals surface area contributed by atoms with Gasteiger partial charge in [0.15, 0.2) is 11.8 Å². The maximum absolute atomic E-state index is 11.0. The Morgan fingerprint density at radius 1 is 0.960 bits per heavy atom. The van der Waals surface area contributed by atoms with E-state index in [2.05, 4.69) is 14.7 Å². The molecule has 10 heteroatoms. The first kappa shape index (κ1) is 20.3. The highest BCUT2D eigenvalue weighted by Crippen LogP contribution is 2.17. The van der Waals surface area contributed by atoms with Gasteiger partial charge in [-0.05, 0) is 13.8 Å². The molecule has 2 aromatic rings. The van der Waals surface area contributed by atoms with Gasteiger partial charge < -0.3 is 30.1 Å². The summed E-state index contributed by atoms with van der Waals surface area (Å²) < 4.78 is 14.6. The van der Waals surface area contributed by atoms with Crippen molar-refractivity contribution >= 4 is 11.9 Å². The Kier molecular flexibility index (Phi) is 6.83. The van der Waals surface area contributed by atoms with Crippen LogP contribution in [0, 0.1) is 27.7 Å². The number of carbonyl (C=O) groups excluding carboxylic acids is 1. The Hall–Kier alpha value is -2.72. The molecule has 2 unspecified atom stereocenters. The number of hydrogen-bond acceptors (Lipinski definition) is 9. The number of oxazole rings is 2. The van der Waals surface area contributed by atoms with Crippen molar-refractivity contribution in [2.24, 2.45) is 11.5 Å².